The number of rotatable bonds is 6. The molecule has 3 heterocycles. The van der Waals surface area contributed by atoms with E-state index in [-0.39, 0.29) is 5.41 Å². The molecule has 0 bridgehead atoms. The summed E-state index contributed by atoms with van der Waals surface area (Å²) >= 11 is 1.87. The largest absolute Gasteiger partial charge is 0.309 e. The average molecular weight is 686 g/mol. The van der Waals surface area contributed by atoms with Gasteiger partial charge in [-0.15, -0.1) is 11.3 Å². The molecule has 3 aromatic heterocycles. The Kier molecular flexibility index (Phi) is 7.02. The summed E-state index contributed by atoms with van der Waals surface area (Å²) in [5, 5.41) is 1.29. The molecule has 0 amide bonds. The van der Waals surface area contributed by atoms with Gasteiger partial charge in [0.1, 0.15) is 0 Å². The SMILES string of the molecule is CC1(C)c2ccccc2-c2ccc(-n3c4ccccc4c4sc(-c5ccc(N(c6ccc(-c7ccccc7)cc6)c6cccnc6)cc5)cc43)cc21. The zero-order chi connectivity index (χ0) is 34.8. The van der Waals surface area contributed by atoms with Crippen molar-refractivity contribution < 1.29 is 0 Å². The Bertz CT molecular complexity index is 2740. The Labute approximate surface area is 307 Å². The summed E-state index contributed by atoms with van der Waals surface area (Å²) in [5.41, 5.74) is 15.9. The van der Waals surface area contributed by atoms with Crippen LogP contribution < -0.4 is 4.90 Å². The number of thiophene rings is 1. The molecule has 0 radical (unpaired) electrons. The zero-order valence-electron chi connectivity index (χ0n) is 29.0. The predicted molar refractivity (Wildman–Crippen MR) is 220 cm³/mol. The second-order valence-corrected chi connectivity index (χ2v) is 15.1. The van der Waals surface area contributed by atoms with Crippen molar-refractivity contribution in [3.05, 3.63) is 187 Å². The van der Waals surface area contributed by atoms with Crippen molar-refractivity contribution in [2.75, 3.05) is 4.90 Å². The van der Waals surface area contributed by atoms with Crippen molar-refractivity contribution in [1.29, 1.82) is 0 Å². The van der Waals surface area contributed by atoms with Crippen LogP contribution in [0.1, 0.15) is 25.0 Å². The lowest BCUT2D eigenvalue weighted by molar-refractivity contribution is 0.660. The van der Waals surface area contributed by atoms with Crippen LogP contribution in [0.3, 0.4) is 0 Å². The number of benzene rings is 6. The van der Waals surface area contributed by atoms with E-state index in [4.69, 9.17) is 0 Å². The molecule has 0 atom stereocenters. The van der Waals surface area contributed by atoms with Gasteiger partial charge in [-0.3, -0.25) is 4.98 Å². The summed E-state index contributed by atoms with van der Waals surface area (Å²) in [6.07, 6.45) is 3.75. The van der Waals surface area contributed by atoms with Crippen molar-refractivity contribution in [3.63, 3.8) is 0 Å². The molecule has 52 heavy (non-hydrogen) atoms. The van der Waals surface area contributed by atoms with Crippen LogP contribution in [0.2, 0.25) is 0 Å². The fourth-order valence-electron chi connectivity index (χ4n) is 8.12. The molecule has 0 fully saturated rings. The van der Waals surface area contributed by atoms with E-state index >= 15 is 0 Å². The Balaban J connectivity index is 1.04. The predicted octanol–water partition coefficient (Wildman–Crippen LogP) is 13.4. The number of para-hydroxylation sites is 1. The van der Waals surface area contributed by atoms with Gasteiger partial charge in [-0.05, 0) is 99.6 Å². The van der Waals surface area contributed by atoms with Crippen molar-refractivity contribution in [2.45, 2.75) is 19.3 Å². The highest BCUT2D eigenvalue weighted by molar-refractivity contribution is 7.23. The summed E-state index contributed by atoms with van der Waals surface area (Å²) in [6, 6.07) is 59.5. The van der Waals surface area contributed by atoms with Crippen molar-refractivity contribution in [2.24, 2.45) is 0 Å². The van der Waals surface area contributed by atoms with Crippen LogP contribution in [0.5, 0.6) is 0 Å². The molecule has 4 heteroatoms. The van der Waals surface area contributed by atoms with E-state index in [2.05, 4.69) is 186 Å². The minimum absolute atomic E-state index is 0.0564. The summed E-state index contributed by atoms with van der Waals surface area (Å²) < 4.78 is 3.77. The van der Waals surface area contributed by atoms with E-state index in [9.17, 15) is 0 Å². The van der Waals surface area contributed by atoms with Gasteiger partial charge in [-0.2, -0.15) is 0 Å². The van der Waals surface area contributed by atoms with Gasteiger partial charge in [0.2, 0.25) is 0 Å². The first kappa shape index (κ1) is 30.6. The number of hydrogen-bond acceptors (Lipinski definition) is 3. The fourth-order valence-corrected chi connectivity index (χ4v) is 9.31. The fraction of sp³-hybridized carbons (Fsp3) is 0.0625. The molecule has 248 valence electrons. The molecule has 1 aliphatic rings. The third-order valence-electron chi connectivity index (χ3n) is 10.7. The average Bonchev–Trinajstić information content (AvgIpc) is 3.83. The molecule has 0 saturated carbocycles. The summed E-state index contributed by atoms with van der Waals surface area (Å²) in [6.45, 7) is 4.71. The molecule has 1 aliphatic carbocycles. The van der Waals surface area contributed by atoms with Crippen LogP contribution in [0.4, 0.5) is 17.1 Å². The minimum Gasteiger partial charge on any atom is -0.309 e. The van der Waals surface area contributed by atoms with Crippen molar-refractivity contribution in [3.8, 4) is 38.4 Å². The maximum atomic E-state index is 4.46. The first-order chi connectivity index (χ1) is 25.5. The normalized spacial score (nSPS) is 13.0. The molecule has 0 aliphatic heterocycles. The Morgan fingerprint density at radius 3 is 1.98 bits per heavy atom. The third-order valence-corrected chi connectivity index (χ3v) is 11.9. The van der Waals surface area contributed by atoms with Gasteiger partial charge in [0.25, 0.3) is 0 Å². The number of hydrogen-bond donors (Lipinski definition) is 0. The molecule has 9 aromatic rings. The van der Waals surface area contributed by atoms with Crippen LogP contribution in [-0.4, -0.2) is 9.55 Å². The van der Waals surface area contributed by atoms with Gasteiger partial charge in [0.05, 0.1) is 27.6 Å². The number of fused-ring (bicyclic) bond motifs is 6. The topological polar surface area (TPSA) is 21.1 Å². The molecule has 6 aromatic carbocycles. The Morgan fingerprint density at radius 2 is 1.21 bits per heavy atom. The van der Waals surface area contributed by atoms with Crippen LogP contribution >= 0.6 is 11.3 Å². The number of anilines is 3. The summed E-state index contributed by atoms with van der Waals surface area (Å²) in [4.78, 5) is 7.98. The lowest BCUT2D eigenvalue weighted by Gasteiger charge is -2.25. The van der Waals surface area contributed by atoms with Crippen LogP contribution in [-0.2, 0) is 5.41 Å². The van der Waals surface area contributed by atoms with E-state index in [0.29, 0.717) is 0 Å². The highest BCUT2D eigenvalue weighted by atomic mass is 32.1. The molecular weight excluding hydrogens is 651 g/mol. The smallest absolute Gasteiger partial charge is 0.0655 e. The first-order valence-corrected chi connectivity index (χ1v) is 18.6. The highest BCUT2D eigenvalue weighted by Crippen LogP contribution is 2.50. The summed E-state index contributed by atoms with van der Waals surface area (Å²) in [7, 11) is 0. The molecule has 3 nitrogen and oxygen atoms in total. The maximum absolute atomic E-state index is 4.46. The number of pyridine rings is 1. The molecule has 10 rings (SSSR count). The highest BCUT2D eigenvalue weighted by Gasteiger charge is 2.35. The quantitative estimate of drug-likeness (QED) is 0.174. The minimum atomic E-state index is -0.0564. The maximum Gasteiger partial charge on any atom is 0.0655 e. The van der Waals surface area contributed by atoms with Gasteiger partial charge in [0, 0.05) is 38.9 Å². The van der Waals surface area contributed by atoms with E-state index in [1.54, 1.807) is 0 Å². The van der Waals surface area contributed by atoms with Gasteiger partial charge in [-0.1, -0.05) is 117 Å². The van der Waals surface area contributed by atoms with E-state index in [1.165, 1.54) is 70.6 Å². The Morgan fingerprint density at radius 1 is 0.538 bits per heavy atom. The second-order valence-electron chi connectivity index (χ2n) is 14.1. The molecular formula is C48H35N3S. The van der Waals surface area contributed by atoms with Crippen molar-refractivity contribution >= 4 is 49.5 Å². The first-order valence-electron chi connectivity index (χ1n) is 17.8. The van der Waals surface area contributed by atoms with Gasteiger partial charge >= 0.3 is 0 Å². The molecule has 0 N–H and O–H groups in total. The van der Waals surface area contributed by atoms with Gasteiger partial charge < -0.3 is 9.47 Å². The number of nitrogens with zero attached hydrogens (tertiary/aromatic N) is 3. The van der Waals surface area contributed by atoms with Crippen LogP contribution in [0.25, 0.3) is 59.5 Å². The molecule has 0 spiro atoms. The lowest BCUT2D eigenvalue weighted by Crippen LogP contribution is -2.15. The van der Waals surface area contributed by atoms with E-state index in [1.807, 2.05) is 29.8 Å². The molecule has 0 saturated heterocycles. The molecule has 0 unspecified atom stereocenters. The lowest BCUT2D eigenvalue weighted by atomic mass is 9.82. The summed E-state index contributed by atoms with van der Waals surface area (Å²) in [5.74, 6) is 0. The van der Waals surface area contributed by atoms with E-state index in [0.717, 1.165) is 17.1 Å². The standard InChI is InChI=1S/C48H35N3S/c1-48(2)42-16-8-6-14-39(42)40-27-26-37(29-43(40)48)51-44-17-9-7-15-41(44)47-45(51)30-46(52-47)34-20-24-36(25-21-34)50(38-13-10-28-49-31-38)35-22-18-33(19-23-35)32-11-4-3-5-12-32/h3-31H,1-2H3. The zero-order valence-corrected chi connectivity index (χ0v) is 29.8. The van der Waals surface area contributed by atoms with Crippen LogP contribution in [0, 0.1) is 0 Å². The third kappa shape index (κ3) is 4.83. The Hall–Kier alpha value is -6.23. The second kappa shape index (κ2) is 11.9. The monoisotopic (exact) mass is 685 g/mol. The number of aromatic nitrogens is 2. The van der Waals surface area contributed by atoms with Crippen molar-refractivity contribution in [1.82, 2.24) is 9.55 Å². The van der Waals surface area contributed by atoms with Crippen LogP contribution in [0.15, 0.2) is 176 Å². The van der Waals surface area contributed by atoms with Gasteiger partial charge in [-0.25, -0.2) is 0 Å². The van der Waals surface area contributed by atoms with Gasteiger partial charge in [0.15, 0.2) is 0 Å². The van der Waals surface area contributed by atoms with E-state index < -0.39 is 0 Å².